The summed E-state index contributed by atoms with van der Waals surface area (Å²) in [6.07, 6.45) is 2.45. The van der Waals surface area contributed by atoms with Gasteiger partial charge in [0.15, 0.2) is 5.82 Å². The van der Waals surface area contributed by atoms with Crippen molar-refractivity contribution in [2.75, 3.05) is 35.8 Å². The lowest BCUT2D eigenvalue weighted by atomic mass is 10.1. The first-order chi connectivity index (χ1) is 9.09. The highest BCUT2D eigenvalue weighted by atomic mass is 16.3. The van der Waals surface area contributed by atoms with Crippen LogP contribution < -0.4 is 21.5 Å². The first-order valence-corrected chi connectivity index (χ1v) is 5.93. The van der Waals surface area contributed by atoms with Crippen LogP contribution in [0.15, 0.2) is 16.6 Å². The van der Waals surface area contributed by atoms with Gasteiger partial charge in [-0.2, -0.15) is 4.98 Å². The highest BCUT2D eigenvalue weighted by Gasteiger charge is 2.48. The number of hydrogen-bond acceptors (Lipinski definition) is 7. The van der Waals surface area contributed by atoms with E-state index in [1.54, 1.807) is 11.1 Å². The molecule has 19 heavy (non-hydrogen) atoms. The monoisotopic (exact) mass is 265 g/mol. The number of anilines is 3. The van der Waals surface area contributed by atoms with Gasteiger partial charge in [-0.1, -0.05) is 0 Å². The fourth-order valence-electron chi connectivity index (χ4n) is 2.25. The standard InChI is InChI=1S/C11H15N5O3/c12-10-14-8-7(9(19)15-10)13-5-16(8)2-6-1-11(6,3-17)4-18/h2,13,17-18H,1,3-5H2,(H3,12,14,15,19). The summed E-state index contributed by atoms with van der Waals surface area (Å²) in [7, 11) is 0. The van der Waals surface area contributed by atoms with Crippen molar-refractivity contribution in [2.24, 2.45) is 5.41 Å². The van der Waals surface area contributed by atoms with Gasteiger partial charge in [0.25, 0.3) is 5.56 Å². The van der Waals surface area contributed by atoms with Crippen LogP contribution in [0, 0.1) is 5.41 Å². The van der Waals surface area contributed by atoms with E-state index in [2.05, 4.69) is 15.3 Å². The van der Waals surface area contributed by atoms with Crippen LogP contribution in [0.1, 0.15) is 6.42 Å². The number of nitrogens with zero attached hydrogens (tertiary/aromatic N) is 2. The summed E-state index contributed by atoms with van der Waals surface area (Å²) < 4.78 is 0. The Morgan fingerprint density at radius 3 is 2.84 bits per heavy atom. The molecule has 8 heteroatoms. The first-order valence-electron chi connectivity index (χ1n) is 5.93. The normalized spacial score (nSPS) is 21.4. The molecule has 8 nitrogen and oxygen atoms in total. The minimum atomic E-state index is -0.518. The molecule has 1 aromatic heterocycles. The summed E-state index contributed by atoms with van der Waals surface area (Å²) in [5.41, 5.74) is 6.01. The van der Waals surface area contributed by atoms with Crippen molar-refractivity contribution >= 4 is 17.5 Å². The van der Waals surface area contributed by atoms with Gasteiger partial charge in [-0.25, -0.2) is 0 Å². The molecule has 2 heterocycles. The summed E-state index contributed by atoms with van der Waals surface area (Å²) in [5, 5.41) is 21.5. The molecule has 0 bridgehead atoms. The molecule has 3 rings (SSSR count). The third-order valence-corrected chi connectivity index (χ3v) is 3.62. The van der Waals surface area contributed by atoms with Crippen LogP contribution in [0.25, 0.3) is 0 Å². The Bertz CT molecular complexity index is 605. The molecular formula is C11H15N5O3. The minimum Gasteiger partial charge on any atom is -0.395 e. The van der Waals surface area contributed by atoms with Crippen molar-refractivity contribution in [3.63, 3.8) is 0 Å². The largest absolute Gasteiger partial charge is 0.395 e. The van der Waals surface area contributed by atoms with E-state index in [1.807, 2.05) is 0 Å². The molecule has 1 aliphatic carbocycles. The number of nitrogen functional groups attached to an aromatic ring is 1. The van der Waals surface area contributed by atoms with Crippen molar-refractivity contribution in [1.82, 2.24) is 9.97 Å². The maximum atomic E-state index is 11.7. The second-order valence-electron chi connectivity index (χ2n) is 4.88. The van der Waals surface area contributed by atoms with Gasteiger partial charge in [0.05, 0.1) is 19.9 Å². The van der Waals surface area contributed by atoms with Crippen molar-refractivity contribution in [3.8, 4) is 0 Å². The zero-order chi connectivity index (χ0) is 13.6. The Hall–Kier alpha value is -2.06. The fourth-order valence-corrected chi connectivity index (χ4v) is 2.25. The molecule has 1 aromatic rings. The third-order valence-electron chi connectivity index (χ3n) is 3.62. The molecule has 0 unspecified atom stereocenters. The summed E-state index contributed by atoms with van der Waals surface area (Å²) in [6, 6.07) is 0. The van der Waals surface area contributed by atoms with Gasteiger partial charge in [-0.15, -0.1) is 0 Å². The molecule has 1 fully saturated rings. The van der Waals surface area contributed by atoms with Crippen LogP contribution >= 0.6 is 0 Å². The van der Waals surface area contributed by atoms with Crippen LogP contribution in [-0.4, -0.2) is 40.1 Å². The number of nitrogens with one attached hydrogen (secondary N) is 2. The Morgan fingerprint density at radius 2 is 2.21 bits per heavy atom. The van der Waals surface area contributed by atoms with E-state index in [4.69, 9.17) is 5.73 Å². The molecular weight excluding hydrogens is 250 g/mol. The van der Waals surface area contributed by atoms with E-state index in [0.717, 1.165) is 5.57 Å². The SMILES string of the molecule is Nc1nc2c(c(=O)[nH]1)NCN2C=C1CC1(CO)CO. The van der Waals surface area contributed by atoms with E-state index in [0.29, 0.717) is 24.6 Å². The van der Waals surface area contributed by atoms with Crippen LogP contribution in [-0.2, 0) is 0 Å². The molecule has 6 N–H and O–H groups in total. The lowest BCUT2D eigenvalue weighted by Crippen LogP contribution is -2.18. The molecule has 0 amide bonds. The predicted octanol–water partition coefficient (Wildman–Crippen LogP) is -1.20. The molecule has 0 saturated heterocycles. The lowest BCUT2D eigenvalue weighted by molar-refractivity contribution is 0.143. The van der Waals surface area contributed by atoms with Gasteiger partial charge < -0.3 is 26.2 Å². The topological polar surface area (TPSA) is 128 Å². The van der Waals surface area contributed by atoms with Crippen LogP contribution in [0.2, 0.25) is 0 Å². The van der Waals surface area contributed by atoms with E-state index in [9.17, 15) is 15.0 Å². The van der Waals surface area contributed by atoms with Crippen LogP contribution in [0.3, 0.4) is 0 Å². The van der Waals surface area contributed by atoms with Gasteiger partial charge in [-0.3, -0.25) is 9.78 Å². The molecule has 0 radical (unpaired) electrons. The van der Waals surface area contributed by atoms with E-state index in [-0.39, 0.29) is 24.7 Å². The quantitative estimate of drug-likeness (QED) is 0.464. The van der Waals surface area contributed by atoms with E-state index in [1.165, 1.54) is 0 Å². The predicted molar refractivity (Wildman–Crippen MR) is 69.5 cm³/mol. The Kier molecular flexibility index (Phi) is 2.51. The number of aromatic nitrogens is 2. The smallest absolute Gasteiger partial charge is 0.277 e. The third kappa shape index (κ3) is 1.76. The molecule has 0 aromatic carbocycles. The lowest BCUT2D eigenvalue weighted by Gasteiger charge is -2.12. The van der Waals surface area contributed by atoms with Gasteiger partial charge in [0, 0.05) is 11.6 Å². The number of H-pyrrole nitrogens is 1. The van der Waals surface area contributed by atoms with Gasteiger partial charge in [0.2, 0.25) is 5.95 Å². The molecule has 1 aliphatic heterocycles. The molecule has 2 aliphatic rings. The molecule has 1 saturated carbocycles. The van der Waals surface area contributed by atoms with Crippen LogP contribution in [0.4, 0.5) is 17.5 Å². The number of aromatic amines is 1. The molecule has 102 valence electrons. The number of fused-ring (bicyclic) bond motifs is 1. The highest BCUT2D eigenvalue weighted by molar-refractivity contribution is 5.72. The van der Waals surface area contributed by atoms with Crippen LogP contribution in [0.5, 0.6) is 0 Å². The second-order valence-corrected chi connectivity index (χ2v) is 4.88. The van der Waals surface area contributed by atoms with Gasteiger partial charge in [0.1, 0.15) is 5.69 Å². The summed E-state index contributed by atoms with van der Waals surface area (Å²) >= 11 is 0. The number of rotatable bonds is 3. The first kappa shape index (κ1) is 12.0. The van der Waals surface area contributed by atoms with Crippen molar-refractivity contribution < 1.29 is 10.2 Å². The van der Waals surface area contributed by atoms with E-state index < -0.39 is 5.41 Å². The Labute approximate surface area is 108 Å². The second kappa shape index (κ2) is 3.97. The fraction of sp³-hybridized carbons (Fsp3) is 0.455. The zero-order valence-electron chi connectivity index (χ0n) is 10.2. The van der Waals surface area contributed by atoms with Gasteiger partial charge in [-0.05, 0) is 12.0 Å². The summed E-state index contributed by atoms with van der Waals surface area (Å²) in [5.74, 6) is 0.521. The van der Waals surface area contributed by atoms with Crippen molar-refractivity contribution in [2.45, 2.75) is 6.42 Å². The average Bonchev–Trinajstić information content (AvgIpc) is 2.94. The highest BCUT2D eigenvalue weighted by Crippen LogP contribution is 2.51. The van der Waals surface area contributed by atoms with Crippen molar-refractivity contribution in [3.05, 3.63) is 22.1 Å². The molecule has 0 spiro atoms. The maximum Gasteiger partial charge on any atom is 0.277 e. The van der Waals surface area contributed by atoms with E-state index >= 15 is 0 Å². The average molecular weight is 265 g/mol. The minimum absolute atomic E-state index is 0.0576. The van der Waals surface area contributed by atoms with Crippen molar-refractivity contribution in [1.29, 1.82) is 0 Å². The maximum absolute atomic E-state index is 11.7. The number of aliphatic hydroxyl groups excluding tert-OH is 2. The summed E-state index contributed by atoms with van der Waals surface area (Å²) in [4.78, 5) is 19.9. The van der Waals surface area contributed by atoms with Gasteiger partial charge >= 0.3 is 0 Å². The number of aliphatic hydroxyl groups is 2. The Morgan fingerprint density at radius 1 is 1.47 bits per heavy atom. The Balaban J connectivity index is 1.93. The number of nitrogens with two attached hydrogens (primary N) is 1. The number of hydrogen-bond donors (Lipinski definition) is 5. The molecule has 0 atom stereocenters. The summed E-state index contributed by atoms with van der Waals surface area (Å²) in [6.45, 7) is 0.230. The zero-order valence-corrected chi connectivity index (χ0v) is 10.2.